The monoisotopic (exact) mass is 370 g/mol. The number of pyridine rings is 2. The minimum atomic E-state index is -10.7. The first kappa shape index (κ1) is 17.9. The fourth-order valence-corrected chi connectivity index (χ4v) is 2.00. The molecule has 0 amide bonds. The predicted octanol–water partition coefficient (Wildman–Crippen LogP) is 5.87. The second-order valence-electron chi connectivity index (χ2n) is 4.80. The van der Waals surface area contributed by atoms with Crippen molar-refractivity contribution in [1.82, 2.24) is 0 Å². The van der Waals surface area contributed by atoms with Crippen LogP contribution >= 0.6 is 7.81 Å². The van der Waals surface area contributed by atoms with Gasteiger partial charge in [0.05, 0.1) is 10.3 Å². The van der Waals surface area contributed by atoms with Gasteiger partial charge in [0.2, 0.25) is 5.52 Å². The molecule has 4 nitrogen and oxygen atoms in total. The van der Waals surface area contributed by atoms with E-state index in [-0.39, 0.29) is 10.6 Å². The zero-order valence-corrected chi connectivity index (χ0v) is 12.5. The summed E-state index contributed by atoms with van der Waals surface area (Å²) in [6.45, 7) is 0. The smallest absolute Gasteiger partial charge is 0.258 e. The summed E-state index contributed by atoms with van der Waals surface area (Å²) >= 11 is 0. The topological polar surface area (TPSA) is 47.2 Å². The summed E-state index contributed by atoms with van der Waals surface area (Å²) in [6, 6.07) is 12.7. The number of nitro groups is 1. The molecule has 24 heavy (non-hydrogen) atoms. The zero-order valence-electron chi connectivity index (χ0n) is 11.6. The average Bonchev–Trinajstić information content (AvgIpc) is 2.43. The van der Waals surface area contributed by atoms with E-state index in [2.05, 4.69) is 0 Å². The molecular formula is C13H9F6N2O2P. The van der Waals surface area contributed by atoms with Crippen molar-refractivity contribution in [1.29, 1.82) is 0 Å². The largest absolute Gasteiger partial charge is 0.270 e. The van der Waals surface area contributed by atoms with Crippen LogP contribution in [0, 0.1) is 10.1 Å². The molecule has 0 N–H and O–H groups in total. The number of benzene rings is 1. The predicted molar refractivity (Wildman–Crippen MR) is 77.3 cm³/mol. The molecule has 0 radical (unpaired) electrons. The van der Waals surface area contributed by atoms with Gasteiger partial charge in [0.25, 0.3) is 5.69 Å². The summed E-state index contributed by atoms with van der Waals surface area (Å²) in [5, 5.41) is 12.7. The van der Waals surface area contributed by atoms with Crippen molar-refractivity contribution < 1.29 is 34.5 Å². The van der Waals surface area contributed by atoms with Crippen LogP contribution in [-0.2, 0) is 0 Å². The molecule has 3 rings (SSSR count). The number of rotatable bonds is 1. The van der Waals surface area contributed by atoms with Gasteiger partial charge in [-0.15, -0.1) is 0 Å². The van der Waals surface area contributed by atoms with Crippen LogP contribution in [0.2, 0.25) is 0 Å². The van der Waals surface area contributed by atoms with Gasteiger partial charge >= 0.3 is 33.0 Å². The van der Waals surface area contributed by atoms with Crippen LogP contribution in [0.1, 0.15) is 0 Å². The summed E-state index contributed by atoms with van der Waals surface area (Å²) in [5.41, 5.74) is 1.09. The zero-order chi connectivity index (χ0) is 18.2. The van der Waals surface area contributed by atoms with Crippen LogP contribution in [0.25, 0.3) is 16.3 Å². The molecule has 0 aliphatic carbocycles. The third-order valence-electron chi connectivity index (χ3n) is 2.83. The Hall–Kier alpha value is -2.48. The molecule has 0 aliphatic heterocycles. The fraction of sp³-hybridized carbons (Fsp3) is 0. The molecule has 0 unspecified atom stereocenters. The van der Waals surface area contributed by atoms with E-state index >= 15 is 0 Å². The van der Waals surface area contributed by atoms with Gasteiger partial charge in [-0.2, -0.15) is 4.40 Å². The SMILES string of the molecule is F[P-](F)(F)(F)(F)F.O=[N+]([O-])c1ccc2cc[n+]3ccccc3c2c1. The van der Waals surface area contributed by atoms with Gasteiger partial charge in [0.15, 0.2) is 12.4 Å². The molecule has 130 valence electrons. The van der Waals surface area contributed by atoms with Crippen molar-refractivity contribution in [3.05, 3.63) is 65.0 Å². The number of nitro benzene ring substituents is 1. The summed E-state index contributed by atoms with van der Waals surface area (Å²) in [7, 11) is -10.7. The van der Waals surface area contributed by atoms with E-state index in [0.29, 0.717) is 0 Å². The van der Waals surface area contributed by atoms with Crippen LogP contribution < -0.4 is 4.40 Å². The second-order valence-corrected chi connectivity index (χ2v) is 6.71. The number of halogens is 6. The standard InChI is InChI=1S/C13H9N2O2.F6P/c16-15(17)11-5-4-10-6-8-14-7-2-1-3-13(14)12(10)9-11;1-7(2,3,4,5)6/h1-9H;/q+1;-1. The van der Waals surface area contributed by atoms with E-state index in [1.54, 1.807) is 12.1 Å². The minimum Gasteiger partial charge on any atom is -0.258 e. The molecule has 1 aromatic carbocycles. The van der Waals surface area contributed by atoms with Crippen molar-refractivity contribution in [2.75, 3.05) is 0 Å². The van der Waals surface area contributed by atoms with E-state index in [1.807, 2.05) is 41.1 Å². The second kappa shape index (κ2) is 5.01. The number of hydrogen-bond donors (Lipinski definition) is 0. The van der Waals surface area contributed by atoms with E-state index in [0.717, 1.165) is 16.3 Å². The first-order valence-corrected chi connectivity index (χ1v) is 8.27. The molecule has 0 aliphatic rings. The van der Waals surface area contributed by atoms with Gasteiger partial charge in [0.1, 0.15) is 0 Å². The maximum absolute atomic E-state index is 10.8. The Balaban J connectivity index is 0.000000256. The number of fused-ring (bicyclic) bond motifs is 3. The van der Waals surface area contributed by atoms with Crippen LogP contribution in [0.5, 0.6) is 0 Å². The molecule has 0 bridgehead atoms. The minimum absolute atomic E-state index is 0.120. The Morgan fingerprint density at radius 1 is 0.917 bits per heavy atom. The van der Waals surface area contributed by atoms with Gasteiger partial charge in [-0.25, -0.2) is 0 Å². The maximum atomic E-state index is 10.8. The van der Waals surface area contributed by atoms with Crippen molar-refractivity contribution in [2.24, 2.45) is 0 Å². The van der Waals surface area contributed by atoms with Crippen molar-refractivity contribution in [3.8, 4) is 0 Å². The Kier molecular flexibility index (Phi) is 3.73. The first-order valence-electron chi connectivity index (χ1n) is 6.24. The van der Waals surface area contributed by atoms with Gasteiger partial charge in [-0.05, 0) is 17.5 Å². The van der Waals surface area contributed by atoms with Crippen molar-refractivity contribution >= 4 is 29.8 Å². The Morgan fingerprint density at radius 3 is 2.12 bits per heavy atom. The Bertz CT molecular complexity index is 932. The molecule has 0 saturated heterocycles. The molecule has 3 aromatic rings. The van der Waals surface area contributed by atoms with Crippen LogP contribution in [0.4, 0.5) is 30.9 Å². The van der Waals surface area contributed by atoms with Crippen LogP contribution in [0.15, 0.2) is 54.9 Å². The van der Waals surface area contributed by atoms with E-state index in [9.17, 15) is 35.3 Å². The molecule has 0 fully saturated rings. The van der Waals surface area contributed by atoms with E-state index in [4.69, 9.17) is 0 Å². The van der Waals surface area contributed by atoms with E-state index < -0.39 is 7.81 Å². The summed E-state index contributed by atoms with van der Waals surface area (Å²) < 4.78 is 61.1. The fourth-order valence-electron chi connectivity index (χ4n) is 2.00. The molecule has 2 heterocycles. The average molecular weight is 370 g/mol. The van der Waals surface area contributed by atoms with Crippen LogP contribution in [0.3, 0.4) is 0 Å². The van der Waals surface area contributed by atoms with Gasteiger partial charge < -0.3 is 0 Å². The van der Waals surface area contributed by atoms with Crippen molar-refractivity contribution in [2.45, 2.75) is 0 Å². The number of nitrogens with zero attached hydrogens (tertiary/aromatic N) is 2. The number of hydrogen-bond acceptors (Lipinski definition) is 2. The number of aromatic nitrogens is 1. The Labute approximate surface area is 130 Å². The van der Waals surface area contributed by atoms with Gasteiger partial charge in [-0.1, -0.05) is 0 Å². The van der Waals surface area contributed by atoms with Gasteiger partial charge in [0, 0.05) is 30.3 Å². The van der Waals surface area contributed by atoms with Crippen molar-refractivity contribution in [3.63, 3.8) is 0 Å². The van der Waals surface area contributed by atoms with E-state index in [1.165, 1.54) is 6.07 Å². The quantitative estimate of drug-likeness (QED) is 0.134. The van der Waals surface area contributed by atoms with Gasteiger partial charge in [-0.3, -0.25) is 10.1 Å². The summed E-state index contributed by atoms with van der Waals surface area (Å²) in [4.78, 5) is 10.4. The molecule has 2 aromatic heterocycles. The Morgan fingerprint density at radius 2 is 1.54 bits per heavy atom. The number of non-ortho nitro benzene ring substituents is 1. The summed E-state index contributed by atoms with van der Waals surface area (Å²) in [6.07, 6.45) is 3.87. The third kappa shape index (κ3) is 5.62. The third-order valence-corrected chi connectivity index (χ3v) is 2.83. The molecular weight excluding hydrogens is 361 g/mol. The molecule has 0 spiro atoms. The summed E-state index contributed by atoms with van der Waals surface area (Å²) in [5.74, 6) is 0. The molecule has 11 heteroatoms. The van der Waals surface area contributed by atoms with Crippen LogP contribution in [-0.4, -0.2) is 4.92 Å². The maximum Gasteiger partial charge on any atom is 0.270 e. The molecule has 0 saturated carbocycles. The molecule has 0 atom stereocenters. The first-order chi connectivity index (χ1) is 10.7. The normalized spacial score (nSPS) is 14.4.